The Hall–Kier alpha value is -1.73. The molecule has 0 aliphatic carbocycles. The highest BCUT2D eigenvalue weighted by atomic mass is 35.5. The number of nitrogens with one attached hydrogen (secondary N) is 1. The monoisotopic (exact) mass is 310 g/mol. The second-order valence-electron chi connectivity index (χ2n) is 4.72. The zero-order chi connectivity index (χ0) is 15.5. The largest absolute Gasteiger partial charge is 0.394 e. The predicted octanol–water partition coefficient (Wildman–Crippen LogP) is 0.334. The van der Waals surface area contributed by atoms with Gasteiger partial charge in [0.1, 0.15) is 11.2 Å². The Balaban J connectivity index is 2.35. The molecule has 1 amide bonds. The van der Waals surface area contributed by atoms with Crippen LogP contribution in [0.5, 0.6) is 0 Å². The number of nitrogens with zero attached hydrogens (tertiary/aromatic N) is 1. The minimum Gasteiger partial charge on any atom is -0.394 e. The molecule has 4 N–H and O–H groups in total. The van der Waals surface area contributed by atoms with E-state index in [4.69, 9.17) is 11.6 Å². The first-order valence-electron chi connectivity index (χ1n) is 6.25. The fourth-order valence-corrected chi connectivity index (χ4v) is 2.09. The van der Waals surface area contributed by atoms with Crippen LogP contribution in [-0.4, -0.2) is 51.6 Å². The minimum absolute atomic E-state index is 0.0402. The summed E-state index contributed by atoms with van der Waals surface area (Å²) >= 11 is 6.11. The van der Waals surface area contributed by atoms with Gasteiger partial charge < -0.3 is 20.6 Å². The van der Waals surface area contributed by atoms with E-state index in [1.165, 1.54) is 6.07 Å². The first kappa shape index (κ1) is 15.7. The van der Waals surface area contributed by atoms with Gasteiger partial charge in [-0.15, -0.1) is 0 Å². The number of amides is 1. The Kier molecular flexibility index (Phi) is 4.74. The molecular weight excluding hydrogens is 296 g/mol. The first-order chi connectivity index (χ1) is 10.0. The van der Waals surface area contributed by atoms with Gasteiger partial charge in [0.05, 0.1) is 30.4 Å². The predicted molar refractivity (Wildman–Crippen MR) is 78.2 cm³/mol. The van der Waals surface area contributed by atoms with Gasteiger partial charge in [-0.25, -0.2) is 4.98 Å². The number of aliphatic hydroxyl groups is 3. The van der Waals surface area contributed by atoms with Crippen molar-refractivity contribution < 1.29 is 20.1 Å². The number of halogens is 1. The number of benzene rings is 1. The smallest absolute Gasteiger partial charge is 0.270 e. The van der Waals surface area contributed by atoms with E-state index in [9.17, 15) is 20.1 Å². The molecule has 7 heteroatoms. The summed E-state index contributed by atoms with van der Waals surface area (Å²) in [5.41, 5.74) is -0.909. The maximum absolute atomic E-state index is 12.2. The van der Waals surface area contributed by atoms with Crippen LogP contribution in [0.25, 0.3) is 10.9 Å². The van der Waals surface area contributed by atoms with E-state index in [1.54, 1.807) is 18.2 Å². The van der Waals surface area contributed by atoms with Crippen LogP contribution in [0.4, 0.5) is 0 Å². The van der Waals surface area contributed by atoms with Crippen LogP contribution in [-0.2, 0) is 0 Å². The van der Waals surface area contributed by atoms with E-state index in [-0.39, 0.29) is 5.69 Å². The molecule has 0 saturated carbocycles. The maximum Gasteiger partial charge on any atom is 0.270 e. The Morgan fingerprint density at radius 3 is 2.43 bits per heavy atom. The molecule has 0 fully saturated rings. The van der Waals surface area contributed by atoms with E-state index in [2.05, 4.69) is 10.3 Å². The fraction of sp³-hybridized carbons (Fsp3) is 0.286. The average molecular weight is 311 g/mol. The van der Waals surface area contributed by atoms with Crippen LogP contribution in [0.15, 0.2) is 30.3 Å². The van der Waals surface area contributed by atoms with E-state index < -0.39 is 31.3 Å². The lowest BCUT2D eigenvalue weighted by Gasteiger charge is -2.28. The highest BCUT2D eigenvalue weighted by Gasteiger charge is 2.30. The normalized spacial score (nSPS) is 11.6. The number of aromatic nitrogens is 1. The maximum atomic E-state index is 12.2. The molecule has 0 bridgehead atoms. The van der Waals surface area contributed by atoms with Crippen molar-refractivity contribution in [3.63, 3.8) is 0 Å². The Labute approximate surface area is 126 Å². The molecule has 0 unspecified atom stereocenters. The number of aliphatic hydroxyl groups excluding tert-OH is 3. The molecule has 0 atom stereocenters. The summed E-state index contributed by atoms with van der Waals surface area (Å²) in [5.74, 6) is -0.639. The van der Waals surface area contributed by atoms with Crippen LogP contribution >= 0.6 is 11.6 Å². The molecular formula is C14H15ClN2O4. The lowest BCUT2D eigenvalue weighted by Crippen LogP contribution is -2.57. The van der Waals surface area contributed by atoms with Crippen LogP contribution in [0, 0.1) is 0 Å². The Morgan fingerprint density at radius 2 is 1.81 bits per heavy atom. The van der Waals surface area contributed by atoms with Gasteiger partial charge in [-0.1, -0.05) is 29.8 Å². The van der Waals surface area contributed by atoms with Crippen LogP contribution in [0.3, 0.4) is 0 Å². The number of carbonyl (C=O) groups is 1. The van der Waals surface area contributed by atoms with Gasteiger partial charge in [0.15, 0.2) is 0 Å². The van der Waals surface area contributed by atoms with Gasteiger partial charge in [-0.2, -0.15) is 0 Å². The molecule has 0 aliphatic rings. The van der Waals surface area contributed by atoms with E-state index in [1.807, 2.05) is 6.07 Å². The third-order valence-corrected chi connectivity index (χ3v) is 3.50. The third kappa shape index (κ3) is 3.14. The van der Waals surface area contributed by atoms with Crippen LogP contribution in [0.1, 0.15) is 10.5 Å². The topological polar surface area (TPSA) is 103 Å². The molecule has 2 rings (SSSR count). The highest BCUT2D eigenvalue weighted by Crippen LogP contribution is 2.23. The number of pyridine rings is 1. The van der Waals surface area contributed by atoms with Gasteiger partial charge in [0, 0.05) is 5.39 Å². The van der Waals surface area contributed by atoms with Gasteiger partial charge in [0.2, 0.25) is 0 Å². The summed E-state index contributed by atoms with van der Waals surface area (Å²) in [5, 5.41) is 31.1. The zero-order valence-corrected chi connectivity index (χ0v) is 11.8. The second kappa shape index (κ2) is 6.36. The minimum atomic E-state index is -1.50. The van der Waals surface area contributed by atoms with Gasteiger partial charge in [-0.05, 0) is 12.1 Å². The standard InChI is InChI=1S/C14H15ClN2O4/c15-10-5-12(16-11-4-2-1-3-9(10)11)13(21)17-14(6-18,7-19)8-20/h1-5,18-20H,6-8H2,(H,17,21). The van der Waals surface area contributed by atoms with Crippen LogP contribution in [0.2, 0.25) is 5.02 Å². The average Bonchev–Trinajstić information content (AvgIpc) is 2.52. The van der Waals surface area contributed by atoms with Gasteiger partial charge >= 0.3 is 0 Å². The second-order valence-corrected chi connectivity index (χ2v) is 5.12. The lowest BCUT2D eigenvalue weighted by atomic mass is 10.0. The zero-order valence-electron chi connectivity index (χ0n) is 11.1. The van der Waals surface area contributed by atoms with Crippen molar-refractivity contribution in [1.29, 1.82) is 0 Å². The summed E-state index contributed by atoms with van der Waals surface area (Å²) in [4.78, 5) is 16.3. The molecule has 2 aromatic rings. The van der Waals surface area contributed by atoms with E-state index >= 15 is 0 Å². The number of hydrogen-bond acceptors (Lipinski definition) is 5. The van der Waals surface area contributed by atoms with Crippen molar-refractivity contribution in [2.45, 2.75) is 5.54 Å². The highest BCUT2D eigenvalue weighted by molar-refractivity contribution is 6.35. The summed E-state index contributed by atoms with van der Waals surface area (Å²) in [6.07, 6.45) is 0. The molecule has 21 heavy (non-hydrogen) atoms. The molecule has 0 aliphatic heterocycles. The quantitative estimate of drug-likeness (QED) is 0.637. The molecule has 1 heterocycles. The summed E-state index contributed by atoms with van der Waals surface area (Å²) in [6.45, 7) is -1.81. The molecule has 6 nitrogen and oxygen atoms in total. The molecule has 0 radical (unpaired) electrons. The molecule has 1 aromatic heterocycles. The molecule has 0 spiro atoms. The molecule has 112 valence electrons. The molecule has 0 saturated heterocycles. The summed E-state index contributed by atoms with van der Waals surface area (Å²) < 4.78 is 0. The number of carbonyl (C=O) groups excluding carboxylic acids is 1. The third-order valence-electron chi connectivity index (χ3n) is 3.19. The lowest BCUT2D eigenvalue weighted by molar-refractivity contribution is 0.0373. The Bertz CT molecular complexity index is 650. The number of rotatable bonds is 5. The van der Waals surface area contributed by atoms with Crippen molar-refractivity contribution in [3.05, 3.63) is 41.0 Å². The van der Waals surface area contributed by atoms with Gasteiger partial charge in [0.25, 0.3) is 5.91 Å². The van der Waals surface area contributed by atoms with Crippen molar-refractivity contribution in [3.8, 4) is 0 Å². The van der Waals surface area contributed by atoms with Crippen molar-refractivity contribution in [2.24, 2.45) is 0 Å². The summed E-state index contributed by atoms with van der Waals surface area (Å²) in [7, 11) is 0. The first-order valence-corrected chi connectivity index (χ1v) is 6.63. The van der Waals surface area contributed by atoms with Gasteiger partial charge in [-0.3, -0.25) is 4.79 Å². The Morgan fingerprint density at radius 1 is 1.19 bits per heavy atom. The van der Waals surface area contributed by atoms with E-state index in [0.29, 0.717) is 15.9 Å². The number of para-hydroxylation sites is 1. The number of fused-ring (bicyclic) bond motifs is 1. The van der Waals surface area contributed by atoms with E-state index in [0.717, 1.165) is 0 Å². The fourth-order valence-electron chi connectivity index (χ4n) is 1.82. The number of hydrogen-bond donors (Lipinski definition) is 4. The van der Waals surface area contributed by atoms with Crippen molar-refractivity contribution >= 4 is 28.4 Å². The van der Waals surface area contributed by atoms with Crippen molar-refractivity contribution in [1.82, 2.24) is 10.3 Å². The van der Waals surface area contributed by atoms with Crippen molar-refractivity contribution in [2.75, 3.05) is 19.8 Å². The SMILES string of the molecule is O=C(NC(CO)(CO)CO)c1cc(Cl)c2ccccc2n1. The summed E-state index contributed by atoms with van der Waals surface area (Å²) in [6, 6.07) is 8.48. The van der Waals surface area contributed by atoms with Crippen LogP contribution < -0.4 is 5.32 Å². The molecule has 1 aromatic carbocycles.